The van der Waals surface area contributed by atoms with Crippen molar-refractivity contribution in [1.82, 2.24) is 5.32 Å². The number of carbonyl (C=O) groups is 1. The van der Waals surface area contributed by atoms with Crippen molar-refractivity contribution < 1.29 is 9.90 Å². The number of thiophene rings is 1. The van der Waals surface area contributed by atoms with Gasteiger partial charge in [0.1, 0.15) is 0 Å². The number of carbonyl (C=O) groups excluding carboxylic acids is 1. The van der Waals surface area contributed by atoms with Crippen molar-refractivity contribution in [3.8, 4) is 0 Å². The third kappa shape index (κ3) is 3.03. The zero-order chi connectivity index (χ0) is 12.3. The lowest BCUT2D eigenvalue weighted by molar-refractivity contribution is 0.0919. The molecule has 3 nitrogen and oxygen atoms in total. The van der Waals surface area contributed by atoms with Crippen LogP contribution in [0.1, 0.15) is 33.5 Å². The Bertz CT molecular complexity index is 376. The molecule has 0 bridgehead atoms. The summed E-state index contributed by atoms with van der Waals surface area (Å²) in [6.45, 7) is 1.96. The maximum absolute atomic E-state index is 12.0. The second-order valence-corrected chi connectivity index (χ2v) is 6.36. The van der Waals surface area contributed by atoms with Crippen molar-refractivity contribution in [2.45, 2.75) is 31.6 Å². The molecule has 0 radical (unpaired) electrons. The number of hydrogen-bond acceptors (Lipinski definition) is 4. The minimum Gasteiger partial charge on any atom is -0.394 e. The number of nitrogens with one attached hydrogen (secondary N) is 1. The van der Waals surface area contributed by atoms with Gasteiger partial charge in [0.2, 0.25) is 0 Å². The summed E-state index contributed by atoms with van der Waals surface area (Å²) in [4.78, 5) is 14.1. The van der Waals surface area contributed by atoms with E-state index in [0.717, 1.165) is 29.2 Å². The summed E-state index contributed by atoms with van der Waals surface area (Å²) in [5.74, 6) is 2.13. The first-order valence-corrected chi connectivity index (χ1v) is 7.82. The van der Waals surface area contributed by atoms with Gasteiger partial charge in [0.15, 0.2) is 0 Å². The average molecular weight is 271 g/mol. The third-order valence-corrected chi connectivity index (χ3v) is 5.14. The molecule has 0 aromatic carbocycles. The number of hydrogen-bond donors (Lipinski definition) is 2. The molecule has 1 amide bonds. The van der Waals surface area contributed by atoms with Crippen molar-refractivity contribution in [1.29, 1.82) is 0 Å². The smallest absolute Gasteiger partial charge is 0.261 e. The molecule has 94 valence electrons. The van der Waals surface area contributed by atoms with Gasteiger partial charge < -0.3 is 10.4 Å². The first-order chi connectivity index (χ1) is 8.24. The summed E-state index contributed by atoms with van der Waals surface area (Å²) in [6, 6.07) is 1.88. The van der Waals surface area contributed by atoms with Crippen molar-refractivity contribution in [3.63, 3.8) is 0 Å². The van der Waals surface area contributed by atoms with E-state index >= 15 is 0 Å². The molecule has 17 heavy (non-hydrogen) atoms. The Hall–Kier alpha value is -0.520. The first kappa shape index (κ1) is 12.9. The molecule has 0 unspecified atom stereocenters. The highest BCUT2D eigenvalue weighted by Crippen LogP contribution is 2.31. The summed E-state index contributed by atoms with van der Waals surface area (Å²) in [6.07, 6.45) is 1.83. The number of amides is 1. The third-order valence-electron chi connectivity index (χ3n) is 2.90. The van der Waals surface area contributed by atoms with Gasteiger partial charge in [-0.1, -0.05) is 6.92 Å². The second-order valence-electron chi connectivity index (χ2n) is 4.12. The van der Waals surface area contributed by atoms with Gasteiger partial charge in [0.05, 0.1) is 17.5 Å². The van der Waals surface area contributed by atoms with Crippen LogP contribution >= 0.6 is 23.1 Å². The van der Waals surface area contributed by atoms with E-state index in [-0.39, 0.29) is 18.6 Å². The van der Waals surface area contributed by atoms with E-state index in [4.69, 9.17) is 5.11 Å². The molecule has 1 atom stereocenters. The second kappa shape index (κ2) is 5.89. The molecule has 2 heterocycles. The van der Waals surface area contributed by atoms with Gasteiger partial charge in [-0.25, -0.2) is 0 Å². The Balaban J connectivity index is 2.06. The van der Waals surface area contributed by atoms with Crippen LogP contribution in [0.25, 0.3) is 0 Å². The Labute approximate surface area is 110 Å². The molecule has 1 aromatic rings. The van der Waals surface area contributed by atoms with Crippen LogP contribution in [0.3, 0.4) is 0 Å². The average Bonchev–Trinajstić information content (AvgIpc) is 2.79. The van der Waals surface area contributed by atoms with Crippen molar-refractivity contribution in [2.75, 3.05) is 12.4 Å². The van der Waals surface area contributed by atoms with Crippen LogP contribution < -0.4 is 5.32 Å². The summed E-state index contributed by atoms with van der Waals surface area (Å²) < 4.78 is 0. The monoisotopic (exact) mass is 271 g/mol. The van der Waals surface area contributed by atoms with E-state index in [9.17, 15) is 4.79 Å². The zero-order valence-electron chi connectivity index (χ0n) is 9.86. The highest BCUT2D eigenvalue weighted by molar-refractivity contribution is 7.98. The van der Waals surface area contributed by atoms with Crippen LogP contribution in [0.5, 0.6) is 0 Å². The van der Waals surface area contributed by atoms with Crippen molar-refractivity contribution in [3.05, 3.63) is 21.4 Å². The number of fused-ring (bicyclic) bond motifs is 1. The van der Waals surface area contributed by atoms with E-state index in [1.165, 1.54) is 10.4 Å². The lowest BCUT2D eigenvalue weighted by Crippen LogP contribution is -2.36. The van der Waals surface area contributed by atoms with Gasteiger partial charge in [-0.15, -0.1) is 11.3 Å². The molecule has 0 saturated heterocycles. The summed E-state index contributed by atoms with van der Waals surface area (Å²) >= 11 is 3.52. The molecule has 2 rings (SSSR count). The molecular formula is C12H17NO2S2. The maximum atomic E-state index is 12.0. The van der Waals surface area contributed by atoms with Crippen LogP contribution in [0, 0.1) is 0 Å². The lowest BCUT2D eigenvalue weighted by Gasteiger charge is -2.12. The topological polar surface area (TPSA) is 49.3 Å². The molecule has 1 aliphatic heterocycles. The fourth-order valence-electron chi connectivity index (χ4n) is 1.79. The molecule has 0 saturated carbocycles. The fraction of sp³-hybridized carbons (Fsp3) is 0.583. The standard InChI is InChI=1S/C12H17NO2S2/c1-2-9(6-14)13-12(15)11-5-8-7-16-4-3-10(8)17-11/h5,9,14H,2-4,6-7H2,1H3,(H,13,15)/t9-/m1/s1. The van der Waals surface area contributed by atoms with Gasteiger partial charge in [-0.3, -0.25) is 4.79 Å². The van der Waals surface area contributed by atoms with Crippen molar-refractivity contribution in [2.24, 2.45) is 0 Å². The van der Waals surface area contributed by atoms with Crippen molar-refractivity contribution >= 4 is 29.0 Å². The molecule has 1 aromatic heterocycles. The summed E-state index contributed by atoms with van der Waals surface area (Å²) in [5.41, 5.74) is 1.31. The SMILES string of the molecule is CC[C@H](CO)NC(=O)c1cc2c(s1)CCSC2. The molecule has 0 spiro atoms. The number of aliphatic hydroxyl groups excluding tert-OH is 1. The van der Waals surface area contributed by atoms with E-state index in [1.807, 2.05) is 24.8 Å². The number of aliphatic hydroxyl groups is 1. The lowest BCUT2D eigenvalue weighted by atomic mass is 10.2. The van der Waals surface area contributed by atoms with Gasteiger partial charge >= 0.3 is 0 Å². The first-order valence-electron chi connectivity index (χ1n) is 5.85. The Morgan fingerprint density at radius 3 is 3.12 bits per heavy atom. The molecule has 0 aliphatic carbocycles. The molecule has 2 N–H and O–H groups in total. The molecule has 0 fully saturated rings. The molecular weight excluding hydrogens is 254 g/mol. The van der Waals surface area contributed by atoms with E-state index in [1.54, 1.807) is 11.3 Å². The van der Waals surface area contributed by atoms with E-state index < -0.39 is 0 Å². The zero-order valence-corrected chi connectivity index (χ0v) is 11.5. The number of thioether (sulfide) groups is 1. The highest BCUT2D eigenvalue weighted by atomic mass is 32.2. The fourth-order valence-corrected chi connectivity index (χ4v) is 4.07. The maximum Gasteiger partial charge on any atom is 0.261 e. The van der Waals surface area contributed by atoms with Gasteiger partial charge in [0, 0.05) is 10.6 Å². The van der Waals surface area contributed by atoms with Gasteiger partial charge in [0.25, 0.3) is 5.91 Å². The van der Waals surface area contributed by atoms with Gasteiger partial charge in [-0.2, -0.15) is 11.8 Å². The minimum absolute atomic E-state index is 0.00316. The molecule has 1 aliphatic rings. The normalized spacial score (nSPS) is 16.4. The largest absolute Gasteiger partial charge is 0.394 e. The minimum atomic E-state index is -0.129. The quantitative estimate of drug-likeness (QED) is 0.881. The van der Waals surface area contributed by atoms with Gasteiger partial charge in [-0.05, 0) is 30.2 Å². The molecule has 5 heteroatoms. The van der Waals surface area contributed by atoms with Crippen LogP contribution in [-0.2, 0) is 12.2 Å². The Kier molecular flexibility index (Phi) is 4.48. The van der Waals surface area contributed by atoms with Crippen LogP contribution in [0.2, 0.25) is 0 Å². The summed E-state index contributed by atoms with van der Waals surface area (Å²) in [5, 5.41) is 11.9. The van der Waals surface area contributed by atoms with Crippen LogP contribution in [0.15, 0.2) is 6.07 Å². The number of aryl methyl sites for hydroxylation is 1. The summed E-state index contributed by atoms with van der Waals surface area (Å²) in [7, 11) is 0. The predicted octanol–water partition coefficient (Wildman–Crippen LogP) is 2.04. The van der Waals surface area contributed by atoms with E-state index in [2.05, 4.69) is 5.32 Å². The Morgan fingerprint density at radius 1 is 1.65 bits per heavy atom. The highest BCUT2D eigenvalue weighted by Gasteiger charge is 2.18. The van der Waals surface area contributed by atoms with Crippen LogP contribution in [0.4, 0.5) is 0 Å². The van der Waals surface area contributed by atoms with E-state index in [0.29, 0.717) is 0 Å². The number of rotatable bonds is 4. The predicted molar refractivity (Wildman–Crippen MR) is 72.8 cm³/mol. The Morgan fingerprint density at radius 2 is 2.47 bits per heavy atom. The van der Waals surface area contributed by atoms with Crippen LogP contribution in [-0.4, -0.2) is 29.4 Å².